The van der Waals surface area contributed by atoms with Crippen LogP contribution in [-0.2, 0) is 6.42 Å². The molecule has 0 saturated heterocycles. The zero-order chi connectivity index (χ0) is 13.3. The molecule has 100 valence electrons. The monoisotopic (exact) mass is 248 g/mol. The average molecular weight is 248 g/mol. The molecule has 1 aliphatic heterocycles. The van der Waals surface area contributed by atoms with E-state index < -0.39 is 0 Å². The van der Waals surface area contributed by atoms with Crippen LogP contribution in [0.15, 0.2) is 0 Å². The molecule has 1 aromatic rings. The van der Waals surface area contributed by atoms with Crippen molar-refractivity contribution in [1.82, 2.24) is 4.98 Å². The van der Waals surface area contributed by atoms with Gasteiger partial charge < -0.3 is 10.0 Å². The van der Waals surface area contributed by atoms with Crippen LogP contribution in [0.1, 0.15) is 43.5 Å². The Hall–Kier alpha value is -1.25. The number of fused-ring (bicyclic) bond motifs is 1. The largest absolute Gasteiger partial charge is 0.506 e. The Kier molecular flexibility index (Phi) is 3.79. The van der Waals surface area contributed by atoms with Crippen molar-refractivity contribution in [2.45, 2.75) is 47.0 Å². The Morgan fingerprint density at radius 1 is 1.33 bits per heavy atom. The minimum absolute atomic E-state index is 0.374. The van der Waals surface area contributed by atoms with Crippen LogP contribution in [-0.4, -0.2) is 23.2 Å². The first-order valence-corrected chi connectivity index (χ1v) is 6.94. The topological polar surface area (TPSA) is 36.4 Å². The van der Waals surface area contributed by atoms with E-state index in [1.807, 2.05) is 13.8 Å². The van der Waals surface area contributed by atoms with Gasteiger partial charge in [-0.3, -0.25) is 0 Å². The molecule has 2 heterocycles. The van der Waals surface area contributed by atoms with Crippen LogP contribution in [0.25, 0.3) is 0 Å². The Morgan fingerprint density at radius 3 is 2.72 bits per heavy atom. The molecule has 0 aromatic carbocycles. The first-order chi connectivity index (χ1) is 8.50. The molecule has 2 rings (SSSR count). The predicted molar refractivity (Wildman–Crippen MR) is 75.4 cm³/mol. The highest BCUT2D eigenvalue weighted by atomic mass is 16.3. The maximum atomic E-state index is 9.99. The fraction of sp³-hybridized carbons (Fsp3) is 0.667. The number of rotatable bonds is 3. The van der Waals surface area contributed by atoms with E-state index in [4.69, 9.17) is 0 Å². The summed E-state index contributed by atoms with van der Waals surface area (Å²) in [6, 6.07) is 0. The third-order valence-electron chi connectivity index (χ3n) is 3.82. The predicted octanol–water partition coefficient (Wildman–Crippen LogP) is 3.20. The fourth-order valence-corrected chi connectivity index (χ4v) is 2.61. The lowest BCUT2D eigenvalue weighted by Crippen LogP contribution is -2.32. The lowest BCUT2D eigenvalue weighted by molar-refractivity contribution is 0.460. The molecule has 0 fully saturated rings. The zero-order valence-electron chi connectivity index (χ0n) is 12.0. The van der Waals surface area contributed by atoms with Crippen LogP contribution in [0.2, 0.25) is 0 Å². The first kappa shape index (κ1) is 13.2. The molecular formula is C15H24N2O. The lowest BCUT2D eigenvalue weighted by Gasteiger charge is -2.32. The quantitative estimate of drug-likeness (QED) is 0.892. The molecule has 0 spiro atoms. The highest BCUT2D eigenvalue weighted by molar-refractivity contribution is 5.58. The van der Waals surface area contributed by atoms with Crippen molar-refractivity contribution in [2.75, 3.05) is 18.0 Å². The third kappa shape index (κ3) is 2.45. The molecule has 1 N–H and O–H groups in total. The Morgan fingerprint density at radius 2 is 2.06 bits per heavy atom. The van der Waals surface area contributed by atoms with E-state index in [9.17, 15) is 5.11 Å². The van der Waals surface area contributed by atoms with Gasteiger partial charge in [0.05, 0.1) is 5.69 Å². The molecule has 1 aliphatic rings. The zero-order valence-corrected chi connectivity index (χ0v) is 12.0. The number of anilines is 1. The molecule has 0 amide bonds. The Bertz CT molecular complexity index is 441. The lowest BCUT2D eigenvalue weighted by atomic mass is 9.98. The van der Waals surface area contributed by atoms with E-state index in [1.54, 1.807) is 0 Å². The number of hydrogen-bond donors (Lipinski definition) is 1. The molecule has 3 nitrogen and oxygen atoms in total. The van der Waals surface area contributed by atoms with Gasteiger partial charge in [0, 0.05) is 18.7 Å². The molecule has 3 heteroatoms. The molecule has 0 atom stereocenters. The van der Waals surface area contributed by atoms with E-state index in [2.05, 4.69) is 23.7 Å². The summed E-state index contributed by atoms with van der Waals surface area (Å²) in [6.07, 6.45) is 3.40. The fourth-order valence-electron chi connectivity index (χ4n) is 2.61. The normalized spacial score (nSPS) is 15.1. The van der Waals surface area contributed by atoms with Gasteiger partial charge in [-0.15, -0.1) is 0 Å². The molecule has 18 heavy (non-hydrogen) atoms. The summed E-state index contributed by atoms with van der Waals surface area (Å²) in [6.45, 7) is 10.6. The van der Waals surface area contributed by atoms with Crippen molar-refractivity contribution in [3.63, 3.8) is 0 Å². The van der Waals surface area contributed by atoms with Gasteiger partial charge in [-0.05, 0) is 44.6 Å². The van der Waals surface area contributed by atoms with Crippen LogP contribution >= 0.6 is 0 Å². The minimum Gasteiger partial charge on any atom is -0.506 e. The number of hydrogen-bond acceptors (Lipinski definition) is 3. The van der Waals surface area contributed by atoms with Crippen molar-refractivity contribution in [2.24, 2.45) is 5.92 Å². The van der Waals surface area contributed by atoms with Gasteiger partial charge in [-0.25, -0.2) is 4.98 Å². The van der Waals surface area contributed by atoms with Crippen LogP contribution in [0.3, 0.4) is 0 Å². The second-order valence-electron chi connectivity index (χ2n) is 5.75. The van der Waals surface area contributed by atoms with Gasteiger partial charge in [-0.2, -0.15) is 0 Å². The summed E-state index contributed by atoms with van der Waals surface area (Å²) in [5.74, 6) is 2.20. The van der Waals surface area contributed by atoms with Crippen LogP contribution in [0, 0.1) is 19.8 Å². The number of nitrogens with zero attached hydrogens (tertiary/aromatic N) is 2. The molecule has 0 saturated carbocycles. The van der Waals surface area contributed by atoms with E-state index in [-0.39, 0.29) is 0 Å². The third-order valence-corrected chi connectivity index (χ3v) is 3.82. The van der Waals surface area contributed by atoms with Crippen LogP contribution < -0.4 is 4.90 Å². The Balaban J connectivity index is 2.31. The first-order valence-electron chi connectivity index (χ1n) is 6.94. The minimum atomic E-state index is 0.374. The summed E-state index contributed by atoms with van der Waals surface area (Å²) in [4.78, 5) is 7.00. The standard InChI is InChI=1S/C15H24N2O/c1-10(2)7-9-17-8-5-6-13-11(3)14(18)12(4)16-15(13)17/h10,18H,5-9H2,1-4H3. The van der Waals surface area contributed by atoms with E-state index >= 15 is 0 Å². The van der Waals surface area contributed by atoms with Gasteiger partial charge in [0.1, 0.15) is 11.6 Å². The van der Waals surface area contributed by atoms with Gasteiger partial charge in [0.25, 0.3) is 0 Å². The van der Waals surface area contributed by atoms with E-state index in [0.29, 0.717) is 5.75 Å². The van der Waals surface area contributed by atoms with E-state index in [1.165, 1.54) is 12.0 Å². The summed E-state index contributed by atoms with van der Waals surface area (Å²) in [5.41, 5.74) is 3.02. The van der Waals surface area contributed by atoms with Crippen molar-refractivity contribution >= 4 is 5.82 Å². The van der Waals surface area contributed by atoms with Crippen molar-refractivity contribution in [3.05, 3.63) is 16.8 Å². The van der Waals surface area contributed by atoms with Gasteiger partial charge in [0.2, 0.25) is 0 Å². The molecule has 1 aromatic heterocycles. The summed E-state index contributed by atoms with van der Waals surface area (Å²) < 4.78 is 0. The second kappa shape index (κ2) is 5.17. The van der Waals surface area contributed by atoms with Crippen molar-refractivity contribution in [3.8, 4) is 5.75 Å². The van der Waals surface area contributed by atoms with Gasteiger partial charge >= 0.3 is 0 Å². The molecule has 0 aliphatic carbocycles. The van der Waals surface area contributed by atoms with Crippen molar-refractivity contribution < 1.29 is 5.11 Å². The highest BCUT2D eigenvalue weighted by Gasteiger charge is 2.22. The maximum Gasteiger partial charge on any atom is 0.140 e. The van der Waals surface area contributed by atoms with Gasteiger partial charge in [0.15, 0.2) is 0 Å². The van der Waals surface area contributed by atoms with E-state index in [0.717, 1.165) is 48.9 Å². The number of aryl methyl sites for hydroxylation is 1. The molecule has 0 unspecified atom stereocenters. The number of aromatic hydroxyl groups is 1. The van der Waals surface area contributed by atoms with Crippen LogP contribution in [0.4, 0.5) is 5.82 Å². The van der Waals surface area contributed by atoms with Crippen LogP contribution in [0.5, 0.6) is 5.75 Å². The molecule has 0 radical (unpaired) electrons. The number of aromatic nitrogens is 1. The van der Waals surface area contributed by atoms with Crippen molar-refractivity contribution in [1.29, 1.82) is 0 Å². The Labute approximate surface area is 110 Å². The molecular weight excluding hydrogens is 224 g/mol. The number of pyridine rings is 1. The summed E-state index contributed by atoms with van der Waals surface area (Å²) >= 11 is 0. The smallest absolute Gasteiger partial charge is 0.140 e. The highest BCUT2D eigenvalue weighted by Crippen LogP contribution is 2.34. The maximum absolute atomic E-state index is 9.99. The average Bonchev–Trinajstić information content (AvgIpc) is 2.34. The second-order valence-corrected chi connectivity index (χ2v) is 5.75. The SMILES string of the molecule is Cc1nc2c(c(C)c1O)CCCN2CCC(C)C. The summed E-state index contributed by atoms with van der Waals surface area (Å²) in [5, 5.41) is 9.99. The summed E-state index contributed by atoms with van der Waals surface area (Å²) in [7, 11) is 0. The van der Waals surface area contributed by atoms with Gasteiger partial charge in [-0.1, -0.05) is 13.8 Å². The molecule has 0 bridgehead atoms.